The second kappa shape index (κ2) is 2.83. The summed E-state index contributed by atoms with van der Waals surface area (Å²) < 4.78 is 4.38. The molecule has 0 saturated carbocycles. The van der Waals surface area contributed by atoms with Gasteiger partial charge in [0.05, 0.1) is 0 Å². The van der Waals surface area contributed by atoms with Crippen molar-refractivity contribution in [2.75, 3.05) is 0 Å². The summed E-state index contributed by atoms with van der Waals surface area (Å²) in [4.78, 5) is 13.3. The fourth-order valence-corrected chi connectivity index (χ4v) is 0.318. The van der Waals surface area contributed by atoms with Crippen LogP contribution in [-0.2, 0) is 0 Å². The number of oxazole rings is 1. The summed E-state index contributed by atoms with van der Waals surface area (Å²) in [6.07, 6.45) is 2.14. The van der Waals surface area contributed by atoms with Crippen LogP contribution >= 0.6 is 0 Å². The summed E-state index contributed by atoms with van der Waals surface area (Å²) >= 11 is 0. The number of hydrogen-bond donors (Lipinski definition) is 1. The summed E-state index contributed by atoms with van der Waals surface area (Å²) in [5.41, 5.74) is -0.0648. The molecule has 0 atom stereocenters. The van der Waals surface area contributed by atoms with Crippen molar-refractivity contribution >= 4 is 5.97 Å². The first kappa shape index (κ1) is 7.64. The lowest BCUT2D eigenvalue weighted by atomic mass is 10.5. The Labute approximate surface area is 50.2 Å². The van der Waals surface area contributed by atoms with Gasteiger partial charge in [0.15, 0.2) is 12.1 Å². The Morgan fingerprint density at radius 2 is 2.44 bits per heavy atom. The van der Waals surface area contributed by atoms with Crippen molar-refractivity contribution in [3.05, 3.63) is 18.4 Å². The van der Waals surface area contributed by atoms with Crippen molar-refractivity contribution in [2.24, 2.45) is 0 Å². The standard InChI is InChI=1S/C4H3NO3.H2O/c6-4(7)3-1-8-2-5-3;/h1-2H,(H,6,7);1H2. The van der Waals surface area contributed by atoms with E-state index in [1.54, 1.807) is 0 Å². The molecule has 0 radical (unpaired) electrons. The van der Waals surface area contributed by atoms with Crippen LogP contribution in [0.3, 0.4) is 0 Å². The van der Waals surface area contributed by atoms with Crippen molar-refractivity contribution < 1.29 is 19.8 Å². The molecule has 0 aliphatic heterocycles. The number of aromatic nitrogens is 1. The predicted octanol–water partition coefficient (Wildman–Crippen LogP) is -0.452. The maximum Gasteiger partial charge on any atom is 0.357 e. The van der Waals surface area contributed by atoms with Crippen LogP contribution in [0.2, 0.25) is 0 Å². The minimum atomic E-state index is -1.07. The van der Waals surface area contributed by atoms with Gasteiger partial charge in [0.2, 0.25) is 0 Å². The van der Waals surface area contributed by atoms with Gasteiger partial charge in [0.1, 0.15) is 6.26 Å². The van der Waals surface area contributed by atoms with Crippen molar-refractivity contribution in [3.8, 4) is 0 Å². The minimum absolute atomic E-state index is 0. The largest absolute Gasteiger partial charge is 0.476 e. The summed E-state index contributed by atoms with van der Waals surface area (Å²) in [6.45, 7) is 0. The molecule has 0 amide bonds. The van der Waals surface area contributed by atoms with Crippen LogP contribution in [0.1, 0.15) is 10.5 Å². The zero-order valence-electron chi connectivity index (χ0n) is 4.37. The molecular formula is C4H5NO4. The van der Waals surface area contributed by atoms with Crippen LogP contribution in [0.15, 0.2) is 17.1 Å². The van der Waals surface area contributed by atoms with E-state index in [9.17, 15) is 4.79 Å². The Balaban J connectivity index is 0.000000640. The molecule has 0 aromatic carbocycles. The van der Waals surface area contributed by atoms with Crippen molar-refractivity contribution in [3.63, 3.8) is 0 Å². The topological polar surface area (TPSA) is 94.8 Å². The summed E-state index contributed by atoms with van der Waals surface area (Å²) in [5.74, 6) is -1.07. The zero-order chi connectivity index (χ0) is 5.98. The Hall–Kier alpha value is -1.36. The van der Waals surface area contributed by atoms with E-state index in [0.29, 0.717) is 0 Å². The van der Waals surface area contributed by atoms with E-state index in [0.717, 1.165) is 12.7 Å². The maximum atomic E-state index is 9.94. The normalized spacial score (nSPS) is 8.00. The van der Waals surface area contributed by atoms with E-state index in [2.05, 4.69) is 9.40 Å². The molecule has 5 heteroatoms. The average molecular weight is 131 g/mol. The number of nitrogens with zero attached hydrogens (tertiary/aromatic N) is 1. The third-order valence-electron chi connectivity index (χ3n) is 0.651. The van der Waals surface area contributed by atoms with Crippen LogP contribution < -0.4 is 0 Å². The predicted molar refractivity (Wildman–Crippen MR) is 27.1 cm³/mol. The molecule has 0 unspecified atom stereocenters. The Bertz CT molecular complexity index is 180. The molecule has 0 spiro atoms. The fraction of sp³-hybridized carbons (Fsp3) is 0. The highest BCUT2D eigenvalue weighted by atomic mass is 16.4. The van der Waals surface area contributed by atoms with Crippen LogP contribution in [0.25, 0.3) is 0 Å². The smallest absolute Gasteiger partial charge is 0.357 e. The molecule has 1 rings (SSSR count). The second-order valence-electron chi connectivity index (χ2n) is 1.18. The van der Waals surface area contributed by atoms with Crippen molar-refractivity contribution in [2.45, 2.75) is 0 Å². The van der Waals surface area contributed by atoms with E-state index >= 15 is 0 Å². The summed E-state index contributed by atoms with van der Waals surface area (Å²) in [7, 11) is 0. The Morgan fingerprint density at radius 1 is 1.78 bits per heavy atom. The van der Waals surface area contributed by atoms with Gasteiger partial charge in [-0.25, -0.2) is 9.78 Å². The van der Waals surface area contributed by atoms with Gasteiger partial charge in [-0.1, -0.05) is 0 Å². The molecule has 0 saturated heterocycles. The van der Waals surface area contributed by atoms with Crippen LogP contribution in [0.5, 0.6) is 0 Å². The maximum absolute atomic E-state index is 9.94. The van der Waals surface area contributed by atoms with Crippen LogP contribution in [0, 0.1) is 0 Å². The molecule has 3 N–H and O–H groups in total. The highest BCUT2D eigenvalue weighted by Crippen LogP contribution is 1.91. The first-order valence-electron chi connectivity index (χ1n) is 1.92. The SMILES string of the molecule is O.O=C(O)c1cocn1. The molecule has 0 aliphatic carbocycles. The van der Waals surface area contributed by atoms with E-state index < -0.39 is 5.97 Å². The molecule has 1 heterocycles. The van der Waals surface area contributed by atoms with Crippen molar-refractivity contribution in [1.29, 1.82) is 0 Å². The molecule has 0 bridgehead atoms. The van der Waals surface area contributed by atoms with E-state index in [1.165, 1.54) is 0 Å². The van der Waals surface area contributed by atoms with Crippen molar-refractivity contribution in [1.82, 2.24) is 4.98 Å². The first-order valence-corrected chi connectivity index (χ1v) is 1.92. The monoisotopic (exact) mass is 131 g/mol. The number of aromatic carboxylic acids is 1. The number of hydrogen-bond acceptors (Lipinski definition) is 3. The number of carboxylic acid groups (broad SMARTS) is 1. The molecule has 0 fully saturated rings. The molecule has 9 heavy (non-hydrogen) atoms. The van der Waals surface area contributed by atoms with Gasteiger partial charge in [-0.05, 0) is 0 Å². The summed E-state index contributed by atoms with van der Waals surface area (Å²) in [6, 6.07) is 0. The molecule has 5 nitrogen and oxygen atoms in total. The molecule has 1 aromatic heterocycles. The fourth-order valence-electron chi connectivity index (χ4n) is 0.318. The lowest BCUT2D eigenvalue weighted by Crippen LogP contribution is -1.94. The highest BCUT2D eigenvalue weighted by Gasteiger charge is 2.02. The number of rotatable bonds is 1. The molecule has 1 aromatic rings. The van der Waals surface area contributed by atoms with Gasteiger partial charge in [-0.15, -0.1) is 0 Å². The van der Waals surface area contributed by atoms with Gasteiger partial charge in [0, 0.05) is 0 Å². The molecule has 50 valence electrons. The number of carboxylic acids is 1. The lowest BCUT2D eigenvalue weighted by molar-refractivity contribution is 0.0690. The number of carbonyl (C=O) groups is 1. The Morgan fingerprint density at radius 3 is 2.67 bits per heavy atom. The van der Waals surface area contributed by atoms with Gasteiger partial charge >= 0.3 is 5.97 Å². The van der Waals surface area contributed by atoms with Gasteiger partial charge in [-0.3, -0.25) is 0 Å². The van der Waals surface area contributed by atoms with Gasteiger partial charge < -0.3 is 15.0 Å². The third-order valence-corrected chi connectivity index (χ3v) is 0.651. The molecular weight excluding hydrogens is 126 g/mol. The van der Waals surface area contributed by atoms with E-state index in [-0.39, 0.29) is 11.2 Å². The van der Waals surface area contributed by atoms with Gasteiger partial charge in [-0.2, -0.15) is 0 Å². The van der Waals surface area contributed by atoms with Crippen LogP contribution in [0.4, 0.5) is 0 Å². The first-order chi connectivity index (χ1) is 3.80. The van der Waals surface area contributed by atoms with E-state index in [1.807, 2.05) is 0 Å². The van der Waals surface area contributed by atoms with Gasteiger partial charge in [0.25, 0.3) is 0 Å². The molecule has 0 aliphatic rings. The zero-order valence-corrected chi connectivity index (χ0v) is 4.37. The lowest BCUT2D eigenvalue weighted by Gasteiger charge is -1.75. The quantitative estimate of drug-likeness (QED) is 0.558. The van der Waals surface area contributed by atoms with Crippen LogP contribution in [-0.4, -0.2) is 21.5 Å². The van der Waals surface area contributed by atoms with E-state index in [4.69, 9.17) is 5.11 Å². The second-order valence-corrected chi connectivity index (χ2v) is 1.18. The third kappa shape index (κ3) is 1.54. The average Bonchev–Trinajstić information content (AvgIpc) is 2.12. The Kier molecular flexibility index (Phi) is 2.40. The minimum Gasteiger partial charge on any atom is -0.476 e. The highest BCUT2D eigenvalue weighted by molar-refractivity contribution is 5.84. The summed E-state index contributed by atoms with van der Waals surface area (Å²) in [5, 5.41) is 8.15.